The molecule has 0 saturated heterocycles. The van der Waals surface area contributed by atoms with E-state index in [0.29, 0.717) is 19.0 Å². The monoisotopic (exact) mass is 267 g/mol. The number of furan rings is 1. The summed E-state index contributed by atoms with van der Waals surface area (Å²) in [6.45, 7) is 7.04. The van der Waals surface area contributed by atoms with Gasteiger partial charge in [-0.1, -0.05) is 13.8 Å². The van der Waals surface area contributed by atoms with Crippen LogP contribution in [0.3, 0.4) is 0 Å². The molecule has 1 rings (SSSR count). The van der Waals surface area contributed by atoms with Crippen LogP contribution in [-0.4, -0.2) is 37.0 Å². The molecule has 5 nitrogen and oxygen atoms in total. The Hall–Kier alpha value is -1.33. The number of nitrogens with zero attached hydrogens (tertiary/aromatic N) is 1. The lowest BCUT2D eigenvalue weighted by molar-refractivity contribution is -0.122. The fourth-order valence-electron chi connectivity index (χ4n) is 2.04. The third-order valence-electron chi connectivity index (χ3n) is 2.91. The van der Waals surface area contributed by atoms with Crippen molar-refractivity contribution in [1.82, 2.24) is 10.2 Å². The molecule has 19 heavy (non-hydrogen) atoms. The smallest absolute Gasteiger partial charge is 0.234 e. The highest BCUT2D eigenvalue weighted by atomic mass is 16.3. The van der Waals surface area contributed by atoms with Crippen molar-refractivity contribution in [3.05, 3.63) is 24.2 Å². The van der Waals surface area contributed by atoms with E-state index in [4.69, 9.17) is 10.2 Å². The second-order valence-corrected chi connectivity index (χ2v) is 5.43. The predicted molar refractivity (Wildman–Crippen MR) is 75.6 cm³/mol. The molecular formula is C14H25N3O2. The number of carbonyl (C=O) groups excluding carboxylic acids is 1. The highest BCUT2D eigenvalue weighted by molar-refractivity contribution is 5.78. The summed E-state index contributed by atoms with van der Waals surface area (Å²) in [7, 11) is 1.88. The van der Waals surface area contributed by atoms with E-state index in [2.05, 4.69) is 19.2 Å². The van der Waals surface area contributed by atoms with Crippen LogP contribution in [0.15, 0.2) is 22.8 Å². The summed E-state index contributed by atoms with van der Waals surface area (Å²) in [5, 5.41) is 2.90. The van der Waals surface area contributed by atoms with Gasteiger partial charge in [-0.2, -0.15) is 0 Å². The number of carbonyl (C=O) groups is 1. The van der Waals surface area contributed by atoms with Crippen molar-refractivity contribution < 1.29 is 9.21 Å². The summed E-state index contributed by atoms with van der Waals surface area (Å²) in [5.74, 6) is 1.24. The van der Waals surface area contributed by atoms with Crippen LogP contribution < -0.4 is 11.1 Å². The summed E-state index contributed by atoms with van der Waals surface area (Å²) in [6.07, 6.45) is 1.62. The zero-order valence-electron chi connectivity index (χ0n) is 12.2. The zero-order valence-corrected chi connectivity index (χ0v) is 12.2. The highest BCUT2D eigenvalue weighted by Gasteiger charge is 2.25. The van der Waals surface area contributed by atoms with E-state index in [1.165, 1.54) is 0 Å². The molecule has 0 saturated carbocycles. The summed E-state index contributed by atoms with van der Waals surface area (Å²) in [5.41, 5.74) is 5.99. The molecule has 1 heterocycles. The first-order valence-electron chi connectivity index (χ1n) is 6.67. The first kappa shape index (κ1) is 15.7. The first-order valence-corrected chi connectivity index (χ1v) is 6.67. The maximum absolute atomic E-state index is 11.8. The van der Waals surface area contributed by atoms with E-state index in [9.17, 15) is 4.79 Å². The van der Waals surface area contributed by atoms with E-state index < -0.39 is 0 Å². The minimum absolute atomic E-state index is 0.00778. The molecule has 2 unspecified atom stereocenters. The minimum Gasteiger partial charge on any atom is -0.468 e. The summed E-state index contributed by atoms with van der Waals surface area (Å²) in [6, 6.07) is 3.50. The lowest BCUT2D eigenvalue weighted by atomic mass is 10.1. The molecule has 0 fully saturated rings. The Bertz CT molecular complexity index is 374. The molecule has 3 N–H and O–H groups in total. The van der Waals surface area contributed by atoms with Gasteiger partial charge in [0.25, 0.3) is 0 Å². The summed E-state index contributed by atoms with van der Waals surface area (Å²) in [4.78, 5) is 13.7. The van der Waals surface area contributed by atoms with E-state index >= 15 is 0 Å². The van der Waals surface area contributed by atoms with Crippen LogP contribution in [0, 0.1) is 5.92 Å². The molecule has 1 amide bonds. The van der Waals surface area contributed by atoms with Gasteiger partial charge in [-0.15, -0.1) is 0 Å². The van der Waals surface area contributed by atoms with Crippen LogP contribution >= 0.6 is 0 Å². The molecule has 108 valence electrons. The van der Waals surface area contributed by atoms with Crippen molar-refractivity contribution in [3.8, 4) is 0 Å². The van der Waals surface area contributed by atoms with Crippen molar-refractivity contribution in [2.24, 2.45) is 11.7 Å². The van der Waals surface area contributed by atoms with Gasteiger partial charge in [-0.3, -0.25) is 9.69 Å². The topological polar surface area (TPSA) is 71.5 Å². The van der Waals surface area contributed by atoms with Gasteiger partial charge in [0.1, 0.15) is 5.76 Å². The molecule has 0 bridgehead atoms. The van der Waals surface area contributed by atoms with Crippen LogP contribution in [-0.2, 0) is 4.79 Å². The van der Waals surface area contributed by atoms with Gasteiger partial charge < -0.3 is 15.5 Å². The SMILES string of the molecule is CC(C)CNC(=O)CN(C)C(c1ccco1)C(C)N. The summed E-state index contributed by atoms with van der Waals surface area (Å²) >= 11 is 0. The van der Waals surface area contributed by atoms with Gasteiger partial charge in [0.05, 0.1) is 18.8 Å². The lowest BCUT2D eigenvalue weighted by Crippen LogP contribution is -2.43. The van der Waals surface area contributed by atoms with Crippen molar-refractivity contribution in [2.75, 3.05) is 20.1 Å². The molecule has 0 aliphatic carbocycles. The number of nitrogens with two attached hydrogens (primary N) is 1. The average Bonchev–Trinajstić information content (AvgIpc) is 2.79. The Balaban J connectivity index is 2.58. The number of likely N-dealkylation sites (N-methyl/N-ethyl adjacent to an activating group) is 1. The Morgan fingerprint density at radius 1 is 1.47 bits per heavy atom. The van der Waals surface area contributed by atoms with Gasteiger partial charge in [0.15, 0.2) is 0 Å². The Morgan fingerprint density at radius 2 is 2.16 bits per heavy atom. The van der Waals surface area contributed by atoms with Crippen LogP contribution in [0.2, 0.25) is 0 Å². The van der Waals surface area contributed by atoms with Crippen LogP contribution in [0.4, 0.5) is 0 Å². The van der Waals surface area contributed by atoms with Crippen molar-refractivity contribution >= 4 is 5.91 Å². The van der Waals surface area contributed by atoms with Gasteiger partial charge >= 0.3 is 0 Å². The van der Waals surface area contributed by atoms with Crippen molar-refractivity contribution in [3.63, 3.8) is 0 Å². The van der Waals surface area contributed by atoms with Gasteiger partial charge in [-0.05, 0) is 32.0 Å². The molecule has 0 aliphatic heterocycles. The normalized spacial score (nSPS) is 14.7. The summed E-state index contributed by atoms with van der Waals surface area (Å²) < 4.78 is 5.40. The van der Waals surface area contributed by atoms with E-state index in [0.717, 1.165) is 5.76 Å². The van der Waals surface area contributed by atoms with Gasteiger partial charge in [0, 0.05) is 12.6 Å². The molecule has 1 aromatic heterocycles. The zero-order chi connectivity index (χ0) is 14.4. The van der Waals surface area contributed by atoms with Gasteiger partial charge in [-0.25, -0.2) is 0 Å². The average molecular weight is 267 g/mol. The highest BCUT2D eigenvalue weighted by Crippen LogP contribution is 2.22. The second-order valence-electron chi connectivity index (χ2n) is 5.43. The molecule has 0 aromatic carbocycles. The maximum atomic E-state index is 11.8. The van der Waals surface area contributed by atoms with Crippen molar-refractivity contribution in [2.45, 2.75) is 32.9 Å². The van der Waals surface area contributed by atoms with E-state index in [-0.39, 0.29) is 18.0 Å². The number of amides is 1. The fraction of sp³-hybridized carbons (Fsp3) is 0.643. The quantitative estimate of drug-likeness (QED) is 0.782. The molecule has 2 atom stereocenters. The van der Waals surface area contributed by atoms with Crippen LogP contribution in [0.25, 0.3) is 0 Å². The Labute approximate surface area is 115 Å². The Morgan fingerprint density at radius 3 is 2.63 bits per heavy atom. The largest absolute Gasteiger partial charge is 0.468 e. The molecule has 0 radical (unpaired) electrons. The number of hydrogen-bond donors (Lipinski definition) is 2. The van der Waals surface area contributed by atoms with Crippen LogP contribution in [0.1, 0.15) is 32.6 Å². The standard InChI is InChI=1S/C14H25N3O2/c1-10(2)8-16-13(18)9-17(4)14(11(3)15)12-6-5-7-19-12/h5-7,10-11,14H,8-9,15H2,1-4H3,(H,16,18). The number of hydrogen-bond acceptors (Lipinski definition) is 4. The second kappa shape index (κ2) is 7.31. The fourth-order valence-corrected chi connectivity index (χ4v) is 2.04. The van der Waals surface area contributed by atoms with E-state index in [1.807, 2.05) is 31.0 Å². The van der Waals surface area contributed by atoms with Crippen LogP contribution in [0.5, 0.6) is 0 Å². The molecule has 5 heteroatoms. The van der Waals surface area contributed by atoms with E-state index in [1.54, 1.807) is 6.26 Å². The molecule has 0 aliphatic rings. The predicted octanol–water partition coefficient (Wildman–Crippen LogP) is 1.37. The third kappa shape index (κ3) is 5.04. The van der Waals surface area contributed by atoms with Gasteiger partial charge in [0.2, 0.25) is 5.91 Å². The number of rotatable bonds is 7. The maximum Gasteiger partial charge on any atom is 0.234 e. The Kier molecular flexibility index (Phi) is 6.05. The molecular weight excluding hydrogens is 242 g/mol. The minimum atomic E-state index is -0.117. The van der Waals surface area contributed by atoms with Crippen molar-refractivity contribution in [1.29, 1.82) is 0 Å². The lowest BCUT2D eigenvalue weighted by Gasteiger charge is -2.28. The third-order valence-corrected chi connectivity index (χ3v) is 2.91. The first-order chi connectivity index (χ1) is 8.91. The molecule has 0 spiro atoms. The number of nitrogens with one attached hydrogen (secondary N) is 1. The molecule has 1 aromatic rings.